The zero-order valence-corrected chi connectivity index (χ0v) is 24.1. The quantitative estimate of drug-likeness (QED) is 0.218. The molecule has 5 aromatic carbocycles. The van der Waals surface area contributed by atoms with E-state index in [9.17, 15) is 0 Å². The smallest absolute Gasteiger partial charge is 0.160 e. The van der Waals surface area contributed by atoms with Crippen molar-refractivity contribution in [3.63, 3.8) is 0 Å². The Hall–Kier alpha value is -5.41. The molecule has 3 heteroatoms. The van der Waals surface area contributed by atoms with E-state index in [4.69, 9.17) is 9.97 Å². The lowest BCUT2D eigenvalue weighted by Gasteiger charge is -2.23. The number of benzene rings is 5. The average Bonchev–Trinajstić information content (AvgIpc) is 3.31. The van der Waals surface area contributed by atoms with Crippen LogP contribution in [0.1, 0.15) is 25.0 Å². The lowest BCUT2D eigenvalue weighted by molar-refractivity contribution is 0.666. The SMILES string of the molecule is CC1(C)c2cc(-c3cc(-c4ccccc4)nc(-c4ccc(-c5cccnc5)cc4)n3)ccc2-c2ccc3ccccc3c21. The van der Waals surface area contributed by atoms with Gasteiger partial charge < -0.3 is 0 Å². The van der Waals surface area contributed by atoms with Crippen molar-refractivity contribution in [3.8, 4) is 56.2 Å². The van der Waals surface area contributed by atoms with Crippen molar-refractivity contribution in [1.82, 2.24) is 15.0 Å². The minimum atomic E-state index is -0.137. The predicted octanol–water partition coefficient (Wildman–Crippen LogP) is 10.00. The monoisotopic (exact) mass is 551 g/mol. The maximum atomic E-state index is 5.15. The average molecular weight is 552 g/mol. The van der Waals surface area contributed by atoms with E-state index in [1.807, 2.05) is 18.3 Å². The molecule has 0 spiro atoms. The van der Waals surface area contributed by atoms with Crippen LogP contribution < -0.4 is 0 Å². The van der Waals surface area contributed by atoms with Gasteiger partial charge in [0.2, 0.25) is 0 Å². The van der Waals surface area contributed by atoms with Crippen LogP contribution in [-0.4, -0.2) is 15.0 Å². The topological polar surface area (TPSA) is 38.7 Å². The first kappa shape index (κ1) is 25.3. The highest BCUT2D eigenvalue weighted by molar-refractivity contribution is 5.98. The summed E-state index contributed by atoms with van der Waals surface area (Å²) in [6.07, 6.45) is 3.68. The molecule has 2 aromatic heterocycles. The van der Waals surface area contributed by atoms with Gasteiger partial charge in [0.25, 0.3) is 0 Å². The molecule has 8 rings (SSSR count). The first-order valence-corrected chi connectivity index (χ1v) is 14.7. The zero-order chi connectivity index (χ0) is 29.0. The first-order chi connectivity index (χ1) is 21.1. The van der Waals surface area contributed by atoms with E-state index in [0.717, 1.165) is 39.2 Å². The molecule has 0 saturated carbocycles. The van der Waals surface area contributed by atoms with Crippen LogP contribution in [0.3, 0.4) is 0 Å². The Labute approximate surface area is 251 Å². The third kappa shape index (κ3) is 4.24. The molecule has 7 aromatic rings. The van der Waals surface area contributed by atoms with Gasteiger partial charge in [-0.3, -0.25) is 4.98 Å². The van der Waals surface area contributed by atoms with Crippen molar-refractivity contribution in [3.05, 3.63) is 151 Å². The second-order valence-electron chi connectivity index (χ2n) is 11.7. The Kier molecular flexibility index (Phi) is 5.80. The molecule has 0 unspecified atom stereocenters. The molecule has 0 N–H and O–H groups in total. The van der Waals surface area contributed by atoms with Gasteiger partial charge in [0, 0.05) is 34.5 Å². The largest absolute Gasteiger partial charge is 0.264 e. The van der Waals surface area contributed by atoms with E-state index in [0.29, 0.717) is 5.82 Å². The highest BCUT2D eigenvalue weighted by Crippen LogP contribution is 2.52. The molecule has 0 fully saturated rings. The van der Waals surface area contributed by atoms with E-state index in [-0.39, 0.29) is 5.41 Å². The normalized spacial score (nSPS) is 13.1. The second kappa shape index (κ2) is 9.85. The summed E-state index contributed by atoms with van der Waals surface area (Å²) in [6.45, 7) is 4.69. The molecule has 3 nitrogen and oxygen atoms in total. The number of pyridine rings is 1. The number of rotatable bonds is 4. The number of nitrogens with zero attached hydrogens (tertiary/aromatic N) is 3. The minimum absolute atomic E-state index is 0.137. The fourth-order valence-corrected chi connectivity index (χ4v) is 6.59. The van der Waals surface area contributed by atoms with Gasteiger partial charge >= 0.3 is 0 Å². The van der Waals surface area contributed by atoms with Gasteiger partial charge in [0.1, 0.15) is 0 Å². The van der Waals surface area contributed by atoms with Crippen molar-refractivity contribution >= 4 is 10.8 Å². The third-order valence-electron chi connectivity index (χ3n) is 8.77. The maximum absolute atomic E-state index is 5.15. The molecule has 0 atom stereocenters. The van der Waals surface area contributed by atoms with Gasteiger partial charge in [-0.15, -0.1) is 0 Å². The van der Waals surface area contributed by atoms with E-state index in [2.05, 4.69) is 134 Å². The highest BCUT2D eigenvalue weighted by atomic mass is 14.9. The predicted molar refractivity (Wildman–Crippen MR) is 177 cm³/mol. The Morgan fingerprint density at radius 2 is 1.19 bits per heavy atom. The standard InChI is InChI=1S/C40H29N3/c1-40(2)35-23-30(19-20-33(35)34-21-18-27-9-6-7-13-32(27)38(34)40)37-24-36(28-10-4-3-5-11-28)42-39(43-37)29-16-14-26(15-17-29)31-12-8-22-41-25-31/h3-25H,1-2H3. The van der Waals surface area contributed by atoms with E-state index >= 15 is 0 Å². The molecular formula is C40H29N3. The number of hydrogen-bond donors (Lipinski definition) is 0. The summed E-state index contributed by atoms with van der Waals surface area (Å²) >= 11 is 0. The summed E-state index contributed by atoms with van der Waals surface area (Å²) in [7, 11) is 0. The maximum Gasteiger partial charge on any atom is 0.160 e. The van der Waals surface area contributed by atoms with Crippen molar-refractivity contribution < 1.29 is 0 Å². The van der Waals surface area contributed by atoms with Gasteiger partial charge in [-0.05, 0) is 62.4 Å². The zero-order valence-electron chi connectivity index (χ0n) is 24.1. The lowest BCUT2D eigenvalue weighted by atomic mass is 9.80. The molecule has 43 heavy (non-hydrogen) atoms. The second-order valence-corrected chi connectivity index (χ2v) is 11.7. The number of hydrogen-bond acceptors (Lipinski definition) is 3. The molecule has 1 aliphatic rings. The highest BCUT2D eigenvalue weighted by Gasteiger charge is 2.37. The molecule has 0 radical (unpaired) electrons. The molecule has 0 aliphatic heterocycles. The van der Waals surface area contributed by atoms with Crippen LogP contribution in [0.2, 0.25) is 0 Å². The summed E-state index contributed by atoms with van der Waals surface area (Å²) < 4.78 is 0. The molecule has 204 valence electrons. The first-order valence-electron chi connectivity index (χ1n) is 14.7. The number of fused-ring (bicyclic) bond motifs is 5. The van der Waals surface area contributed by atoms with E-state index in [1.165, 1.54) is 33.0 Å². The van der Waals surface area contributed by atoms with Crippen LogP contribution in [0.4, 0.5) is 0 Å². The van der Waals surface area contributed by atoms with Crippen molar-refractivity contribution in [1.29, 1.82) is 0 Å². The van der Waals surface area contributed by atoms with Crippen LogP contribution in [-0.2, 0) is 5.41 Å². The summed E-state index contributed by atoms with van der Waals surface area (Å²) in [5.41, 5.74) is 12.4. The van der Waals surface area contributed by atoms with Gasteiger partial charge in [0.05, 0.1) is 11.4 Å². The number of aromatic nitrogens is 3. The minimum Gasteiger partial charge on any atom is -0.264 e. The molecule has 2 heterocycles. The van der Waals surface area contributed by atoms with Crippen LogP contribution >= 0.6 is 0 Å². The van der Waals surface area contributed by atoms with E-state index < -0.39 is 0 Å². The van der Waals surface area contributed by atoms with Crippen LogP contribution in [0.5, 0.6) is 0 Å². The molecule has 0 amide bonds. The van der Waals surface area contributed by atoms with Crippen molar-refractivity contribution in [2.45, 2.75) is 19.3 Å². The van der Waals surface area contributed by atoms with Crippen LogP contribution in [0, 0.1) is 0 Å². The summed E-state index contributed by atoms with van der Waals surface area (Å²) in [5.74, 6) is 0.711. The molecule has 0 saturated heterocycles. The van der Waals surface area contributed by atoms with Gasteiger partial charge in [0.15, 0.2) is 5.82 Å². The molecule has 1 aliphatic carbocycles. The summed E-state index contributed by atoms with van der Waals surface area (Å²) in [6, 6.07) is 45.0. The lowest BCUT2D eigenvalue weighted by Crippen LogP contribution is -2.15. The summed E-state index contributed by atoms with van der Waals surface area (Å²) in [5, 5.41) is 2.61. The third-order valence-corrected chi connectivity index (χ3v) is 8.77. The van der Waals surface area contributed by atoms with Gasteiger partial charge in [-0.1, -0.05) is 123 Å². The van der Waals surface area contributed by atoms with Crippen molar-refractivity contribution in [2.24, 2.45) is 0 Å². The fourth-order valence-electron chi connectivity index (χ4n) is 6.59. The molecule has 0 bridgehead atoms. The van der Waals surface area contributed by atoms with Gasteiger partial charge in [-0.25, -0.2) is 9.97 Å². The van der Waals surface area contributed by atoms with Crippen LogP contribution in [0.15, 0.2) is 140 Å². The Bertz CT molecular complexity index is 2130. The Morgan fingerprint density at radius 3 is 1.98 bits per heavy atom. The summed E-state index contributed by atoms with van der Waals surface area (Å²) in [4.78, 5) is 14.5. The van der Waals surface area contributed by atoms with Gasteiger partial charge in [-0.2, -0.15) is 0 Å². The molecular weight excluding hydrogens is 522 g/mol. The fraction of sp³-hybridized carbons (Fsp3) is 0.0750. The van der Waals surface area contributed by atoms with E-state index in [1.54, 1.807) is 6.20 Å². The Balaban J connectivity index is 1.26. The van der Waals surface area contributed by atoms with Crippen molar-refractivity contribution in [2.75, 3.05) is 0 Å². The Morgan fingerprint density at radius 1 is 0.512 bits per heavy atom. The van der Waals surface area contributed by atoms with Crippen LogP contribution in [0.25, 0.3) is 66.9 Å².